The van der Waals surface area contributed by atoms with Crippen molar-refractivity contribution in [2.45, 2.75) is 4.90 Å². The van der Waals surface area contributed by atoms with E-state index in [4.69, 9.17) is 10.5 Å². The number of hydrogen-bond donors (Lipinski definition) is 2. The first-order valence-electron chi connectivity index (χ1n) is 8.01. The van der Waals surface area contributed by atoms with E-state index in [-0.39, 0.29) is 16.2 Å². The Morgan fingerprint density at radius 2 is 1.74 bits per heavy atom. The molecule has 0 unspecified atom stereocenters. The standard InChI is InChI=1S/C20H15NO5S/c21-11-12-5-7-14-17(9-12)26-18-10-13(22)6-8-15(18)20(14)16-3-1-2-4-19(16)27(23,24)25/h1-11,22H,21H2,(H,23,24,25)/p-1/b12-11+. The second-order valence-electron chi connectivity index (χ2n) is 6.03. The van der Waals surface area contributed by atoms with Gasteiger partial charge in [-0.25, -0.2) is 8.42 Å². The zero-order valence-corrected chi connectivity index (χ0v) is 14.7. The van der Waals surface area contributed by atoms with Crippen molar-refractivity contribution in [3.05, 3.63) is 82.2 Å². The molecule has 0 radical (unpaired) electrons. The summed E-state index contributed by atoms with van der Waals surface area (Å²) in [6.07, 6.45) is 1.41. The Balaban J connectivity index is 2.18. The second kappa shape index (κ2) is 6.15. The monoisotopic (exact) mass is 380 g/mol. The van der Waals surface area contributed by atoms with Gasteiger partial charge in [0.2, 0.25) is 0 Å². The third-order valence-electron chi connectivity index (χ3n) is 4.35. The van der Waals surface area contributed by atoms with E-state index in [2.05, 4.69) is 0 Å². The van der Waals surface area contributed by atoms with Crippen LogP contribution in [0.5, 0.6) is 17.2 Å². The molecule has 0 spiro atoms. The number of ether oxygens (including phenoxy) is 1. The Kier molecular flexibility index (Phi) is 3.91. The smallest absolute Gasteiger partial charge is 0.139 e. The largest absolute Gasteiger partial charge is 0.744 e. The molecule has 7 heteroatoms. The molecule has 0 saturated carbocycles. The van der Waals surface area contributed by atoms with Gasteiger partial charge in [-0.05, 0) is 35.6 Å². The Morgan fingerprint density at radius 3 is 2.48 bits per heavy atom. The van der Waals surface area contributed by atoms with Crippen LogP contribution in [0.3, 0.4) is 0 Å². The summed E-state index contributed by atoms with van der Waals surface area (Å²) in [5.74, 6) is 0.799. The highest BCUT2D eigenvalue weighted by atomic mass is 32.2. The molecule has 3 aromatic rings. The van der Waals surface area contributed by atoms with Crippen molar-refractivity contribution in [1.82, 2.24) is 0 Å². The first-order chi connectivity index (χ1) is 12.9. The van der Waals surface area contributed by atoms with E-state index in [1.54, 1.807) is 36.4 Å². The van der Waals surface area contributed by atoms with Gasteiger partial charge in [0.15, 0.2) is 0 Å². The van der Waals surface area contributed by atoms with Gasteiger partial charge in [-0.1, -0.05) is 24.3 Å². The molecule has 0 fully saturated rings. The third-order valence-corrected chi connectivity index (χ3v) is 5.24. The first-order valence-corrected chi connectivity index (χ1v) is 9.42. The second-order valence-corrected chi connectivity index (χ2v) is 7.38. The van der Waals surface area contributed by atoms with Crippen LogP contribution in [0.15, 0.2) is 65.6 Å². The van der Waals surface area contributed by atoms with Crippen molar-refractivity contribution in [3.63, 3.8) is 0 Å². The molecule has 4 rings (SSSR count). The van der Waals surface area contributed by atoms with Crippen LogP contribution in [0.25, 0.3) is 11.8 Å². The number of nitrogens with two attached hydrogens (primary N) is 1. The molecule has 0 aliphatic carbocycles. The van der Waals surface area contributed by atoms with Gasteiger partial charge in [-0.3, -0.25) is 0 Å². The number of rotatable bonds is 2. The van der Waals surface area contributed by atoms with Crippen molar-refractivity contribution < 1.29 is 22.8 Å². The van der Waals surface area contributed by atoms with Crippen LogP contribution in [0.4, 0.5) is 0 Å². The summed E-state index contributed by atoms with van der Waals surface area (Å²) in [7, 11) is -4.70. The lowest BCUT2D eigenvalue weighted by Gasteiger charge is -2.23. The lowest BCUT2D eigenvalue weighted by molar-refractivity contribution is 0.449. The molecular weight excluding hydrogens is 366 g/mol. The minimum Gasteiger partial charge on any atom is -0.744 e. The van der Waals surface area contributed by atoms with E-state index in [0.29, 0.717) is 33.1 Å². The fourth-order valence-corrected chi connectivity index (χ4v) is 3.87. The van der Waals surface area contributed by atoms with E-state index in [0.717, 1.165) is 0 Å². The predicted molar refractivity (Wildman–Crippen MR) is 98.5 cm³/mol. The molecule has 136 valence electrons. The highest BCUT2D eigenvalue weighted by molar-refractivity contribution is 7.85. The van der Waals surface area contributed by atoms with Crippen LogP contribution in [0.2, 0.25) is 0 Å². The maximum atomic E-state index is 11.8. The topological polar surface area (TPSA) is 113 Å². The molecule has 1 aliphatic heterocycles. The van der Waals surface area contributed by atoms with Crippen LogP contribution < -0.4 is 20.9 Å². The average Bonchev–Trinajstić information content (AvgIpc) is 2.64. The minimum absolute atomic E-state index is 0.00261. The van der Waals surface area contributed by atoms with E-state index in [9.17, 15) is 18.1 Å². The van der Waals surface area contributed by atoms with Crippen molar-refractivity contribution in [2.75, 3.05) is 0 Å². The number of phenols is 1. The average molecular weight is 380 g/mol. The number of aromatic hydroxyl groups is 1. The molecule has 1 aliphatic rings. The summed E-state index contributed by atoms with van der Waals surface area (Å²) in [5.41, 5.74) is 6.95. The molecule has 0 bridgehead atoms. The van der Waals surface area contributed by atoms with Gasteiger partial charge in [0.25, 0.3) is 0 Å². The fourth-order valence-electron chi connectivity index (χ4n) is 3.18. The molecule has 27 heavy (non-hydrogen) atoms. The molecule has 0 atom stereocenters. The van der Waals surface area contributed by atoms with Crippen LogP contribution in [0, 0.1) is 0 Å². The minimum atomic E-state index is -4.70. The third kappa shape index (κ3) is 2.92. The summed E-state index contributed by atoms with van der Waals surface area (Å²) in [4.78, 5) is -0.318. The Bertz CT molecular complexity index is 1300. The molecule has 3 N–H and O–H groups in total. The SMILES string of the molecule is N/C=c1\ccc2c(c1)Oc1cc(O)ccc1C=2c1ccccc1S(=O)(=O)[O-]. The van der Waals surface area contributed by atoms with Crippen LogP contribution in [-0.4, -0.2) is 18.1 Å². The molecule has 1 heterocycles. The van der Waals surface area contributed by atoms with E-state index < -0.39 is 10.1 Å². The Hall–Kier alpha value is -3.29. The fraction of sp³-hybridized carbons (Fsp3) is 0. The summed E-state index contributed by atoms with van der Waals surface area (Å²) >= 11 is 0. The van der Waals surface area contributed by atoms with Crippen molar-refractivity contribution in [2.24, 2.45) is 5.73 Å². The zero-order chi connectivity index (χ0) is 19.2. The van der Waals surface area contributed by atoms with Crippen LogP contribution in [-0.2, 0) is 10.1 Å². The molecule has 6 nitrogen and oxygen atoms in total. The quantitative estimate of drug-likeness (QED) is 0.508. The van der Waals surface area contributed by atoms with Crippen LogP contribution >= 0.6 is 0 Å². The number of fused-ring (bicyclic) bond motifs is 2. The molecule has 0 saturated heterocycles. The van der Waals surface area contributed by atoms with Gasteiger partial charge in [-0.15, -0.1) is 0 Å². The van der Waals surface area contributed by atoms with E-state index in [1.165, 1.54) is 30.5 Å². The predicted octanol–water partition coefficient (Wildman–Crippen LogP) is 1.35. The van der Waals surface area contributed by atoms with E-state index >= 15 is 0 Å². The van der Waals surface area contributed by atoms with Gasteiger partial charge in [0.1, 0.15) is 27.4 Å². The molecule has 3 aromatic carbocycles. The van der Waals surface area contributed by atoms with Gasteiger partial charge in [0, 0.05) is 34.2 Å². The van der Waals surface area contributed by atoms with Gasteiger partial charge in [0.05, 0.1) is 4.90 Å². The maximum Gasteiger partial charge on any atom is 0.139 e. The summed E-state index contributed by atoms with van der Waals surface area (Å²) in [6, 6.07) is 15.8. The van der Waals surface area contributed by atoms with Crippen LogP contribution in [0.1, 0.15) is 11.1 Å². The maximum absolute atomic E-state index is 11.8. The van der Waals surface area contributed by atoms with Gasteiger partial charge >= 0.3 is 0 Å². The van der Waals surface area contributed by atoms with E-state index in [1.807, 2.05) is 0 Å². The highest BCUT2D eigenvalue weighted by Gasteiger charge is 2.23. The van der Waals surface area contributed by atoms with Crippen molar-refractivity contribution in [1.29, 1.82) is 0 Å². The summed E-state index contributed by atoms with van der Waals surface area (Å²) < 4.78 is 41.3. The number of benzene rings is 3. The Labute approximate surface area is 155 Å². The first kappa shape index (κ1) is 17.1. The molecule has 0 aromatic heterocycles. The Morgan fingerprint density at radius 1 is 0.963 bits per heavy atom. The van der Waals surface area contributed by atoms with Crippen molar-refractivity contribution in [3.8, 4) is 17.2 Å². The normalized spacial score (nSPS) is 13.7. The van der Waals surface area contributed by atoms with Gasteiger partial charge < -0.3 is 20.1 Å². The summed E-state index contributed by atoms with van der Waals surface area (Å²) in [6.45, 7) is 0. The van der Waals surface area contributed by atoms with Gasteiger partial charge in [-0.2, -0.15) is 0 Å². The molecule has 0 amide bonds. The summed E-state index contributed by atoms with van der Waals surface area (Å²) in [5, 5.41) is 11.1. The van der Waals surface area contributed by atoms with Crippen molar-refractivity contribution >= 4 is 21.9 Å². The lowest BCUT2D eigenvalue weighted by atomic mass is 9.92. The highest BCUT2D eigenvalue weighted by Crippen LogP contribution is 2.39. The zero-order valence-electron chi connectivity index (χ0n) is 13.9. The lowest BCUT2D eigenvalue weighted by Crippen LogP contribution is -2.21. The number of hydrogen-bond acceptors (Lipinski definition) is 6. The number of phenolic OH excluding ortho intramolecular Hbond substituents is 1. The molecular formula is C20H14NO5S-.